The molecule has 0 aliphatic carbocycles. The number of benzene rings is 1. The number of nitrogens with zero attached hydrogens (tertiary/aromatic N) is 1. The van der Waals surface area contributed by atoms with E-state index in [1.807, 2.05) is 30.3 Å². The highest BCUT2D eigenvalue weighted by Gasteiger charge is 2.27. The minimum atomic E-state index is -1.26. The minimum absolute atomic E-state index is 0. The number of likely N-dealkylation sites (tertiary alicyclic amines) is 1. The first-order chi connectivity index (χ1) is 14.5. The summed E-state index contributed by atoms with van der Waals surface area (Å²) in [5, 5.41) is 28.4. The topological polar surface area (TPSA) is 102 Å². The molecular weight excluding hydrogens is 410 g/mol. The monoisotopic (exact) mass is 448 g/mol. The Labute approximate surface area is 184 Å². The summed E-state index contributed by atoms with van der Waals surface area (Å²) in [6.07, 6.45) is -3.05. The Hall–Kier alpha value is -1.81. The summed E-state index contributed by atoms with van der Waals surface area (Å²) >= 11 is 0. The van der Waals surface area contributed by atoms with Crippen LogP contribution in [0.15, 0.2) is 30.3 Å². The van der Waals surface area contributed by atoms with Gasteiger partial charge in [0.05, 0.1) is 12.2 Å². The molecule has 0 aromatic heterocycles. The number of nitrogens with one attached hydrogen (secondary N) is 1. The molecule has 2 heterocycles. The maximum atomic E-state index is 13.3. The van der Waals surface area contributed by atoms with Gasteiger partial charge in [-0.15, -0.1) is 0 Å². The lowest BCUT2D eigenvalue weighted by Crippen LogP contribution is -2.32. The SMILES string of the molecule is C.CO.O=C(OCc1ccccc1)N1CC[C@@H](O)[C@@H](F)CC1.O[C@@H]1CCNCC[C@@H]1F. The Morgan fingerprint density at radius 1 is 1.00 bits per heavy atom. The predicted octanol–water partition coefficient (Wildman–Crippen LogP) is 2.43. The summed E-state index contributed by atoms with van der Waals surface area (Å²) in [4.78, 5) is 13.3. The zero-order chi connectivity index (χ0) is 22.4. The van der Waals surface area contributed by atoms with Crippen molar-refractivity contribution < 1.29 is 33.6 Å². The van der Waals surface area contributed by atoms with E-state index in [0.29, 0.717) is 25.9 Å². The van der Waals surface area contributed by atoms with Crippen LogP contribution in [-0.2, 0) is 11.3 Å². The molecule has 2 fully saturated rings. The quantitative estimate of drug-likeness (QED) is 0.554. The van der Waals surface area contributed by atoms with Gasteiger partial charge in [-0.1, -0.05) is 37.8 Å². The lowest BCUT2D eigenvalue weighted by atomic mass is 10.1. The van der Waals surface area contributed by atoms with E-state index in [9.17, 15) is 18.7 Å². The van der Waals surface area contributed by atoms with Gasteiger partial charge in [-0.3, -0.25) is 0 Å². The fraction of sp³-hybridized carbons (Fsp3) is 0.682. The van der Waals surface area contributed by atoms with Gasteiger partial charge in [-0.05, 0) is 44.3 Å². The third-order valence-electron chi connectivity index (χ3n) is 4.88. The average Bonchev–Trinajstić information content (AvgIpc) is 3.07. The van der Waals surface area contributed by atoms with E-state index in [1.165, 1.54) is 4.90 Å². The van der Waals surface area contributed by atoms with Crippen molar-refractivity contribution in [1.29, 1.82) is 0 Å². The summed E-state index contributed by atoms with van der Waals surface area (Å²) < 4.78 is 31.0. The number of aliphatic hydroxyl groups excluding tert-OH is 3. The number of hydrogen-bond acceptors (Lipinski definition) is 6. The van der Waals surface area contributed by atoms with Gasteiger partial charge < -0.3 is 30.3 Å². The first-order valence-electron chi connectivity index (χ1n) is 10.2. The van der Waals surface area contributed by atoms with Crippen molar-refractivity contribution in [2.24, 2.45) is 0 Å². The van der Waals surface area contributed by atoms with Crippen LogP contribution in [0.4, 0.5) is 13.6 Å². The molecule has 0 bridgehead atoms. The molecule has 2 aliphatic rings. The Balaban J connectivity index is 0.000000633. The van der Waals surface area contributed by atoms with Gasteiger partial charge in [0.1, 0.15) is 19.0 Å². The van der Waals surface area contributed by atoms with Gasteiger partial charge in [0.2, 0.25) is 0 Å². The minimum Gasteiger partial charge on any atom is -0.445 e. The predicted molar refractivity (Wildman–Crippen MR) is 116 cm³/mol. The first kappa shape index (κ1) is 29.2. The highest BCUT2D eigenvalue weighted by atomic mass is 19.1. The number of aliphatic hydroxyl groups is 3. The van der Waals surface area contributed by atoms with E-state index in [2.05, 4.69) is 5.32 Å². The zero-order valence-corrected chi connectivity index (χ0v) is 17.4. The molecule has 2 saturated heterocycles. The van der Waals surface area contributed by atoms with Gasteiger partial charge >= 0.3 is 6.09 Å². The van der Waals surface area contributed by atoms with Crippen LogP contribution in [0.1, 0.15) is 38.7 Å². The average molecular weight is 449 g/mol. The van der Waals surface area contributed by atoms with E-state index in [-0.39, 0.29) is 33.4 Å². The van der Waals surface area contributed by atoms with Gasteiger partial charge in [0, 0.05) is 20.2 Å². The van der Waals surface area contributed by atoms with E-state index in [4.69, 9.17) is 14.9 Å². The molecule has 3 rings (SSSR count). The summed E-state index contributed by atoms with van der Waals surface area (Å²) in [6.45, 7) is 2.25. The number of alkyl halides is 2. The van der Waals surface area contributed by atoms with Crippen LogP contribution in [0.25, 0.3) is 0 Å². The highest BCUT2D eigenvalue weighted by Crippen LogP contribution is 2.16. The molecule has 4 atom stereocenters. The van der Waals surface area contributed by atoms with Crippen LogP contribution < -0.4 is 5.32 Å². The number of carbonyl (C=O) groups excluding carboxylic acids is 1. The Bertz CT molecular complexity index is 560. The molecule has 1 aromatic rings. The lowest BCUT2D eigenvalue weighted by molar-refractivity contribution is 0.0749. The zero-order valence-electron chi connectivity index (χ0n) is 17.4. The van der Waals surface area contributed by atoms with Crippen LogP contribution in [-0.4, -0.2) is 84.2 Å². The van der Waals surface area contributed by atoms with Crippen molar-refractivity contribution in [1.82, 2.24) is 10.2 Å². The molecular formula is C22H38F2N2O5. The van der Waals surface area contributed by atoms with E-state index >= 15 is 0 Å². The molecule has 1 aromatic carbocycles. The third-order valence-corrected chi connectivity index (χ3v) is 4.88. The largest absolute Gasteiger partial charge is 0.445 e. The third kappa shape index (κ3) is 11.4. The second-order valence-corrected chi connectivity index (χ2v) is 7.10. The van der Waals surface area contributed by atoms with Crippen molar-refractivity contribution in [3.8, 4) is 0 Å². The van der Waals surface area contributed by atoms with Gasteiger partial charge in [-0.25, -0.2) is 13.6 Å². The molecule has 0 unspecified atom stereocenters. The van der Waals surface area contributed by atoms with Crippen LogP contribution in [0, 0.1) is 0 Å². The van der Waals surface area contributed by atoms with Crippen LogP contribution in [0.2, 0.25) is 0 Å². The van der Waals surface area contributed by atoms with Crippen molar-refractivity contribution >= 4 is 6.09 Å². The van der Waals surface area contributed by atoms with E-state index in [0.717, 1.165) is 19.2 Å². The van der Waals surface area contributed by atoms with Gasteiger partial charge in [0.25, 0.3) is 0 Å². The molecule has 0 spiro atoms. The standard InChI is InChI=1S/C14H18FNO3.C6H12FNO.CH4O.CH4/c15-12-6-8-16(9-7-13(12)17)14(18)19-10-11-4-2-1-3-5-11;7-5-1-3-8-4-2-6(5)9;1-2;/h1-5,12-13,17H,6-10H2;5-6,8-9H,1-4H2;2H,1H3;1H4/t12-,13+;5-,6+;;/m00../s1. The van der Waals surface area contributed by atoms with Crippen molar-refractivity contribution in [3.05, 3.63) is 35.9 Å². The summed E-state index contributed by atoms with van der Waals surface area (Å²) in [7, 11) is 1.00. The van der Waals surface area contributed by atoms with Crippen LogP contribution >= 0.6 is 0 Å². The molecule has 31 heavy (non-hydrogen) atoms. The summed E-state index contributed by atoms with van der Waals surface area (Å²) in [5.41, 5.74) is 0.911. The van der Waals surface area contributed by atoms with E-state index in [1.54, 1.807) is 0 Å². The Morgan fingerprint density at radius 2 is 1.55 bits per heavy atom. The number of carbonyl (C=O) groups is 1. The van der Waals surface area contributed by atoms with Gasteiger partial charge in [-0.2, -0.15) is 0 Å². The number of hydrogen-bond donors (Lipinski definition) is 4. The lowest BCUT2D eigenvalue weighted by Gasteiger charge is -2.19. The normalized spacial score (nSPS) is 25.8. The second kappa shape index (κ2) is 16.8. The smallest absolute Gasteiger partial charge is 0.410 e. The molecule has 1 amide bonds. The molecule has 9 heteroatoms. The number of halogens is 2. The van der Waals surface area contributed by atoms with Gasteiger partial charge in [0.15, 0.2) is 0 Å². The number of rotatable bonds is 2. The fourth-order valence-corrected chi connectivity index (χ4v) is 3.03. The summed E-state index contributed by atoms with van der Waals surface area (Å²) in [5.74, 6) is 0. The summed E-state index contributed by atoms with van der Waals surface area (Å²) in [6, 6.07) is 9.38. The molecule has 0 saturated carbocycles. The van der Waals surface area contributed by atoms with Crippen molar-refractivity contribution in [2.75, 3.05) is 33.3 Å². The van der Waals surface area contributed by atoms with Crippen LogP contribution in [0.3, 0.4) is 0 Å². The molecule has 4 N–H and O–H groups in total. The Kier molecular flexibility index (Phi) is 15.8. The van der Waals surface area contributed by atoms with Crippen molar-refractivity contribution in [2.45, 2.75) is 64.3 Å². The highest BCUT2D eigenvalue weighted by molar-refractivity contribution is 5.67. The number of amides is 1. The molecule has 2 aliphatic heterocycles. The van der Waals surface area contributed by atoms with Crippen LogP contribution in [0.5, 0.6) is 0 Å². The van der Waals surface area contributed by atoms with E-state index < -0.39 is 30.6 Å². The fourth-order valence-electron chi connectivity index (χ4n) is 3.03. The maximum Gasteiger partial charge on any atom is 0.410 e. The first-order valence-corrected chi connectivity index (χ1v) is 10.2. The second-order valence-electron chi connectivity index (χ2n) is 7.10. The molecule has 7 nitrogen and oxygen atoms in total. The Morgan fingerprint density at radius 3 is 2.23 bits per heavy atom. The molecule has 0 radical (unpaired) electrons. The molecule has 180 valence electrons. The van der Waals surface area contributed by atoms with Crippen molar-refractivity contribution in [3.63, 3.8) is 0 Å². The maximum absolute atomic E-state index is 13.3. The number of ether oxygens (including phenoxy) is 1.